The zero-order chi connectivity index (χ0) is 23.1. The highest BCUT2D eigenvalue weighted by atomic mass is 19.0. The fraction of sp³-hybridized carbons (Fsp3) is 0.429. The monoisotopic (exact) mass is 430 g/mol. The summed E-state index contributed by atoms with van der Waals surface area (Å²) in [7, 11) is 0. The predicted molar refractivity (Wildman–Crippen MR) is 137 cm³/mol. The molecule has 0 N–H and O–H groups in total. The fourth-order valence-electron chi connectivity index (χ4n) is 2.97. The van der Waals surface area contributed by atoms with Crippen LogP contribution in [0, 0.1) is 27.7 Å². The molecule has 0 amide bonds. The molecule has 0 saturated carbocycles. The number of ether oxygens (including phenoxy) is 2. The van der Waals surface area contributed by atoms with Crippen molar-refractivity contribution in [3.8, 4) is 22.6 Å². The third-order valence-electron chi connectivity index (χ3n) is 3.95. The minimum absolute atomic E-state index is 0. The molecular weight excluding hydrogens is 387 g/mol. The first-order chi connectivity index (χ1) is 14.3. The van der Waals surface area contributed by atoms with Crippen LogP contribution in [-0.2, 0) is 0 Å². The van der Waals surface area contributed by atoms with Crippen LogP contribution in [0.2, 0.25) is 0 Å². The van der Waals surface area contributed by atoms with Crippen LogP contribution in [0.15, 0.2) is 49.6 Å². The maximum atomic E-state index is 5.77. The van der Waals surface area contributed by atoms with Crippen molar-refractivity contribution in [3.05, 3.63) is 71.8 Å². The summed E-state index contributed by atoms with van der Waals surface area (Å²) in [5.74, 6) is 1.89. The quantitative estimate of drug-likeness (QED) is 0.409. The lowest BCUT2D eigenvalue weighted by molar-refractivity contribution is 0.358. The van der Waals surface area contributed by atoms with Gasteiger partial charge in [0.2, 0.25) is 0 Å². The molecule has 0 heterocycles. The highest BCUT2D eigenvalue weighted by Crippen LogP contribution is 2.34. The first kappa shape index (κ1) is 30.6. The topological polar surface area (TPSA) is 18.5 Å². The Labute approximate surface area is 190 Å². The minimum Gasteiger partial charge on any atom is -0.489 e. The van der Waals surface area contributed by atoms with E-state index in [0.717, 1.165) is 33.8 Å². The summed E-state index contributed by atoms with van der Waals surface area (Å²) in [4.78, 5) is 0. The fourth-order valence-corrected chi connectivity index (χ4v) is 2.97. The highest BCUT2D eigenvalue weighted by molar-refractivity contribution is 5.70. The SMILES string of the molecule is C=CCOc1c(C)cc(-c2cc(C)c(OCC=C)c(C)c2)cc1C.CCC.CCC.F. The summed E-state index contributed by atoms with van der Waals surface area (Å²) in [6.07, 6.45) is 6.03. The second kappa shape index (κ2) is 17.2. The van der Waals surface area contributed by atoms with Gasteiger partial charge in [-0.3, -0.25) is 4.70 Å². The molecule has 2 rings (SSSR count). The van der Waals surface area contributed by atoms with Crippen molar-refractivity contribution < 1.29 is 14.2 Å². The van der Waals surface area contributed by atoms with E-state index in [1.54, 1.807) is 12.2 Å². The smallest absolute Gasteiger partial charge is 0.125 e. The number of halogens is 1. The zero-order valence-corrected chi connectivity index (χ0v) is 20.9. The van der Waals surface area contributed by atoms with Crippen molar-refractivity contribution >= 4 is 0 Å². The van der Waals surface area contributed by atoms with E-state index in [4.69, 9.17) is 9.47 Å². The van der Waals surface area contributed by atoms with Crippen LogP contribution >= 0.6 is 0 Å². The standard InChI is InChI=1S/C22H26O2.2C3H8.FH/c1-7-9-23-21-15(3)11-19(12-16(21)4)20-13-17(5)22(18(6)14-20)24-10-8-2;2*1-3-2;/h7-8,11-14H,1-2,9-10H2,3-6H3;2*3H2,1-2H3;1H. The van der Waals surface area contributed by atoms with Gasteiger partial charge >= 0.3 is 0 Å². The van der Waals surface area contributed by atoms with Crippen LogP contribution in [0.5, 0.6) is 11.5 Å². The van der Waals surface area contributed by atoms with Gasteiger partial charge < -0.3 is 9.47 Å². The summed E-state index contributed by atoms with van der Waals surface area (Å²) >= 11 is 0. The van der Waals surface area contributed by atoms with Crippen molar-refractivity contribution in [1.29, 1.82) is 0 Å². The molecule has 0 fully saturated rings. The van der Waals surface area contributed by atoms with Crippen LogP contribution in [0.4, 0.5) is 4.70 Å². The van der Waals surface area contributed by atoms with E-state index in [-0.39, 0.29) is 4.70 Å². The normalized spacial score (nSPS) is 9.16. The molecule has 0 saturated heterocycles. The summed E-state index contributed by atoms with van der Waals surface area (Å²) in [5, 5.41) is 0. The molecule has 174 valence electrons. The van der Waals surface area contributed by atoms with E-state index in [1.165, 1.54) is 24.0 Å². The van der Waals surface area contributed by atoms with E-state index in [9.17, 15) is 0 Å². The van der Waals surface area contributed by atoms with Crippen LogP contribution in [-0.4, -0.2) is 13.2 Å². The van der Waals surface area contributed by atoms with Gasteiger partial charge in [0.1, 0.15) is 24.7 Å². The number of rotatable bonds is 7. The van der Waals surface area contributed by atoms with E-state index in [1.807, 2.05) is 0 Å². The lowest BCUT2D eigenvalue weighted by Gasteiger charge is -2.16. The van der Waals surface area contributed by atoms with Gasteiger partial charge in [-0.15, -0.1) is 0 Å². The number of benzene rings is 2. The molecule has 0 atom stereocenters. The Morgan fingerprint density at radius 2 is 0.839 bits per heavy atom. The van der Waals surface area contributed by atoms with E-state index < -0.39 is 0 Å². The first-order valence-corrected chi connectivity index (χ1v) is 11.0. The molecule has 2 aromatic carbocycles. The molecule has 0 bridgehead atoms. The van der Waals surface area contributed by atoms with Crippen molar-refractivity contribution in [2.24, 2.45) is 0 Å². The minimum atomic E-state index is 0. The number of hydrogen-bond donors (Lipinski definition) is 0. The summed E-state index contributed by atoms with van der Waals surface area (Å²) in [6, 6.07) is 8.68. The second-order valence-corrected chi connectivity index (χ2v) is 7.49. The van der Waals surface area contributed by atoms with Gasteiger partial charge in [0, 0.05) is 0 Å². The third-order valence-corrected chi connectivity index (χ3v) is 3.95. The maximum absolute atomic E-state index is 5.77. The van der Waals surface area contributed by atoms with Crippen LogP contribution in [0.25, 0.3) is 11.1 Å². The predicted octanol–water partition coefficient (Wildman–Crippen LogP) is 8.70. The van der Waals surface area contributed by atoms with E-state index >= 15 is 0 Å². The van der Waals surface area contributed by atoms with Crippen molar-refractivity contribution in [2.75, 3.05) is 13.2 Å². The average Bonchev–Trinajstić information content (AvgIpc) is 2.68. The van der Waals surface area contributed by atoms with Gasteiger partial charge in [-0.05, 0) is 85.3 Å². The Hall–Kier alpha value is -2.55. The summed E-state index contributed by atoms with van der Waals surface area (Å²) < 4.78 is 11.5. The molecule has 0 aromatic heterocycles. The van der Waals surface area contributed by atoms with Gasteiger partial charge in [0.05, 0.1) is 0 Å². The first-order valence-electron chi connectivity index (χ1n) is 11.0. The Morgan fingerprint density at radius 3 is 1.03 bits per heavy atom. The Bertz CT molecular complexity index is 680. The zero-order valence-electron chi connectivity index (χ0n) is 20.9. The molecule has 3 heteroatoms. The molecule has 31 heavy (non-hydrogen) atoms. The van der Waals surface area contributed by atoms with Gasteiger partial charge in [0.25, 0.3) is 0 Å². The Kier molecular flexibility index (Phi) is 17.0. The number of aryl methyl sites for hydroxylation is 4. The van der Waals surface area contributed by atoms with Crippen molar-refractivity contribution in [3.63, 3.8) is 0 Å². The molecule has 2 aromatic rings. The Morgan fingerprint density at radius 1 is 0.613 bits per heavy atom. The lowest BCUT2D eigenvalue weighted by atomic mass is 9.96. The second-order valence-electron chi connectivity index (χ2n) is 7.49. The molecule has 0 spiro atoms. The third kappa shape index (κ3) is 10.3. The number of hydrogen-bond acceptors (Lipinski definition) is 2. The molecule has 0 radical (unpaired) electrons. The van der Waals surface area contributed by atoms with Crippen LogP contribution in [0.1, 0.15) is 62.8 Å². The molecule has 0 aliphatic carbocycles. The van der Waals surface area contributed by atoms with Crippen molar-refractivity contribution in [2.45, 2.75) is 68.2 Å². The van der Waals surface area contributed by atoms with Gasteiger partial charge in [-0.1, -0.05) is 65.8 Å². The molecule has 0 aliphatic heterocycles. The van der Waals surface area contributed by atoms with Crippen LogP contribution in [0.3, 0.4) is 0 Å². The molecule has 0 aliphatic rings. The van der Waals surface area contributed by atoms with Gasteiger partial charge in [-0.2, -0.15) is 0 Å². The molecule has 0 unspecified atom stereocenters. The maximum Gasteiger partial charge on any atom is 0.125 e. The van der Waals surface area contributed by atoms with Gasteiger partial charge in [-0.25, -0.2) is 0 Å². The highest BCUT2D eigenvalue weighted by Gasteiger charge is 2.11. The van der Waals surface area contributed by atoms with E-state index in [2.05, 4.69) is 92.8 Å². The average molecular weight is 431 g/mol. The molecule has 2 nitrogen and oxygen atoms in total. The lowest BCUT2D eigenvalue weighted by Crippen LogP contribution is -1.99. The Balaban J connectivity index is 0. The largest absolute Gasteiger partial charge is 0.489 e. The summed E-state index contributed by atoms with van der Waals surface area (Å²) in [5.41, 5.74) is 6.92. The van der Waals surface area contributed by atoms with Crippen LogP contribution < -0.4 is 9.47 Å². The van der Waals surface area contributed by atoms with Gasteiger partial charge in [0.15, 0.2) is 0 Å². The van der Waals surface area contributed by atoms with Crippen molar-refractivity contribution in [1.82, 2.24) is 0 Å². The van der Waals surface area contributed by atoms with E-state index in [0.29, 0.717) is 13.2 Å². The molecular formula is C28H43FO2. The summed E-state index contributed by atoms with van der Waals surface area (Å²) in [6.45, 7) is 25.3.